The molecule has 2 atom stereocenters. The molecular weight excluding hydrogens is 226 g/mol. The molecule has 2 aliphatic heterocycles. The van der Waals surface area contributed by atoms with Gasteiger partial charge in [-0.2, -0.15) is 0 Å². The SMILES string of the molecule is CC1CC(C)CN(CCC(=O)N2CCNCC2)C1. The van der Waals surface area contributed by atoms with Crippen molar-refractivity contribution in [1.29, 1.82) is 0 Å². The maximum Gasteiger partial charge on any atom is 0.223 e. The van der Waals surface area contributed by atoms with Crippen molar-refractivity contribution in [2.45, 2.75) is 26.7 Å². The van der Waals surface area contributed by atoms with Gasteiger partial charge in [0.25, 0.3) is 0 Å². The Bertz CT molecular complexity index is 266. The molecule has 0 bridgehead atoms. The van der Waals surface area contributed by atoms with Gasteiger partial charge in [0.1, 0.15) is 0 Å². The minimum Gasteiger partial charge on any atom is -0.340 e. The van der Waals surface area contributed by atoms with Crippen LogP contribution in [0.4, 0.5) is 0 Å². The van der Waals surface area contributed by atoms with Gasteiger partial charge in [-0.1, -0.05) is 13.8 Å². The second-order valence-electron chi connectivity index (χ2n) is 6.09. The fourth-order valence-corrected chi connectivity index (χ4v) is 3.30. The van der Waals surface area contributed by atoms with E-state index < -0.39 is 0 Å². The van der Waals surface area contributed by atoms with Gasteiger partial charge in [-0.05, 0) is 18.3 Å². The zero-order valence-electron chi connectivity index (χ0n) is 11.8. The molecule has 0 saturated carbocycles. The van der Waals surface area contributed by atoms with Gasteiger partial charge in [0.05, 0.1) is 0 Å². The zero-order chi connectivity index (χ0) is 13.0. The summed E-state index contributed by atoms with van der Waals surface area (Å²) >= 11 is 0. The van der Waals surface area contributed by atoms with Crippen molar-refractivity contribution >= 4 is 5.91 Å². The first kappa shape index (κ1) is 13.8. The van der Waals surface area contributed by atoms with E-state index in [1.165, 1.54) is 19.5 Å². The van der Waals surface area contributed by atoms with Crippen LogP contribution in [-0.2, 0) is 4.79 Å². The Balaban J connectivity index is 1.71. The third-order valence-electron chi connectivity index (χ3n) is 4.06. The number of piperidine rings is 1. The Kier molecular flexibility index (Phi) is 5.01. The molecule has 2 rings (SSSR count). The Hall–Kier alpha value is -0.610. The van der Waals surface area contributed by atoms with Gasteiger partial charge in [-0.15, -0.1) is 0 Å². The summed E-state index contributed by atoms with van der Waals surface area (Å²) < 4.78 is 0. The van der Waals surface area contributed by atoms with Gasteiger partial charge in [-0.3, -0.25) is 4.79 Å². The first-order valence-corrected chi connectivity index (χ1v) is 7.36. The van der Waals surface area contributed by atoms with Gasteiger partial charge in [-0.25, -0.2) is 0 Å². The van der Waals surface area contributed by atoms with E-state index in [0.29, 0.717) is 12.3 Å². The zero-order valence-corrected chi connectivity index (χ0v) is 11.8. The highest BCUT2D eigenvalue weighted by Gasteiger charge is 2.23. The lowest BCUT2D eigenvalue weighted by Gasteiger charge is -2.35. The molecule has 2 saturated heterocycles. The molecule has 0 aliphatic carbocycles. The van der Waals surface area contributed by atoms with E-state index in [2.05, 4.69) is 24.1 Å². The first-order chi connectivity index (χ1) is 8.65. The maximum absolute atomic E-state index is 12.1. The van der Waals surface area contributed by atoms with Crippen LogP contribution in [0.25, 0.3) is 0 Å². The molecule has 2 unspecified atom stereocenters. The van der Waals surface area contributed by atoms with Crippen LogP contribution in [0.2, 0.25) is 0 Å². The van der Waals surface area contributed by atoms with E-state index in [1.54, 1.807) is 0 Å². The number of nitrogens with one attached hydrogen (secondary N) is 1. The summed E-state index contributed by atoms with van der Waals surface area (Å²) in [5.41, 5.74) is 0. The summed E-state index contributed by atoms with van der Waals surface area (Å²) in [6.07, 6.45) is 2.03. The fraction of sp³-hybridized carbons (Fsp3) is 0.929. The molecule has 0 spiro atoms. The van der Waals surface area contributed by atoms with Crippen molar-refractivity contribution in [2.75, 3.05) is 45.8 Å². The monoisotopic (exact) mass is 253 g/mol. The van der Waals surface area contributed by atoms with Crippen LogP contribution < -0.4 is 5.32 Å². The van der Waals surface area contributed by atoms with Gasteiger partial charge < -0.3 is 15.1 Å². The second kappa shape index (κ2) is 6.53. The maximum atomic E-state index is 12.1. The van der Waals surface area contributed by atoms with E-state index in [-0.39, 0.29) is 0 Å². The number of hydrogen-bond donors (Lipinski definition) is 1. The van der Waals surface area contributed by atoms with E-state index in [0.717, 1.165) is 44.6 Å². The summed E-state index contributed by atoms with van der Waals surface area (Å²) in [6.45, 7) is 11.6. The first-order valence-electron chi connectivity index (χ1n) is 7.36. The van der Waals surface area contributed by atoms with Gasteiger partial charge >= 0.3 is 0 Å². The predicted molar refractivity (Wildman–Crippen MR) is 73.5 cm³/mol. The molecule has 0 aromatic carbocycles. The van der Waals surface area contributed by atoms with E-state index in [9.17, 15) is 4.79 Å². The normalized spacial score (nSPS) is 30.4. The van der Waals surface area contributed by atoms with Crippen LogP contribution in [0, 0.1) is 11.8 Å². The summed E-state index contributed by atoms with van der Waals surface area (Å²) in [7, 11) is 0. The lowest BCUT2D eigenvalue weighted by molar-refractivity contribution is -0.132. The number of carbonyl (C=O) groups is 1. The van der Waals surface area contributed by atoms with Crippen LogP contribution in [0.3, 0.4) is 0 Å². The van der Waals surface area contributed by atoms with Crippen molar-refractivity contribution in [2.24, 2.45) is 11.8 Å². The molecule has 4 nitrogen and oxygen atoms in total. The third kappa shape index (κ3) is 3.95. The minimum atomic E-state index is 0.336. The van der Waals surface area contributed by atoms with Crippen molar-refractivity contribution in [3.05, 3.63) is 0 Å². The number of likely N-dealkylation sites (tertiary alicyclic amines) is 1. The van der Waals surface area contributed by atoms with Crippen molar-refractivity contribution < 1.29 is 4.79 Å². The highest BCUT2D eigenvalue weighted by molar-refractivity contribution is 5.76. The van der Waals surface area contributed by atoms with Crippen LogP contribution in [0.5, 0.6) is 0 Å². The molecule has 4 heteroatoms. The summed E-state index contributed by atoms with van der Waals surface area (Å²) in [5, 5.41) is 3.28. The van der Waals surface area contributed by atoms with Crippen LogP contribution in [-0.4, -0.2) is 61.5 Å². The van der Waals surface area contributed by atoms with Crippen LogP contribution >= 0.6 is 0 Å². The third-order valence-corrected chi connectivity index (χ3v) is 4.06. The molecule has 0 aromatic rings. The largest absolute Gasteiger partial charge is 0.340 e. The lowest BCUT2D eigenvalue weighted by Crippen LogP contribution is -2.47. The highest BCUT2D eigenvalue weighted by atomic mass is 16.2. The summed E-state index contributed by atoms with van der Waals surface area (Å²) in [6, 6.07) is 0. The molecule has 2 aliphatic rings. The molecule has 0 radical (unpaired) electrons. The Labute approximate surface area is 111 Å². The Morgan fingerprint density at radius 2 is 1.78 bits per heavy atom. The number of piperazine rings is 1. The Morgan fingerprint density at radius 3 is 2.39 bits per heavy atom. The molecular formula is C14H27N3O. The van der Waals surface area contributed by atoms with Gasteiger partial charge in [0.15, 0.2) is 0 Å². The topological polar surface area (TPSA) is 35.6 Å². The number of rotatable bonds is 3. The Morgan fingerprint density at radius 1 is 1.17 bits per heavy atom. The number of amides is 1. The number of hydrogen-bond acceptors (Lipinski definition) is 3. The molecule has 1 N–H and O–H groups in total. The molecule has 18 heavy (non-hydrogen) atoms. The number of nitrogens with zero attached hydrogens (tertiary/aromatic N) is 2. The highest BCUT2D eigenvalue weighted by Crippen LogP contribution is 2.20. The smallest absolute Gasteiger partial charge is 0.223 e. The average Bonchev–Trinajstić information content (AvgIpc) is 2.36. The van der Waals surface area contributed by atoms with E-state index in [4.69, 9.17) is 0 Å². The fourth-order valence-electron chi connectivity index (χ4n) is 3.30. The minimum absolute atomic E-state index is 0.336. The van der Waals surface area contributed by atoms with Crippen molar-refractivity contribution in [1.82, 2.24) is 15.1 Å². The van der Waals surface area contributed by atoms with Crippen LogP contribution in [0.15, 0.2) is 0 Å². The second-order valence-corrected chi connectivity index (χ2v) is 6.09. The molecule has 2 fully saturated rings. The van der Waals surface area contributed by atoms with Crippen LogP contribution in [0.1, 0.15) is 26.7 Å². The van der Waals surface area contributed by atoms with Gasteiger partial charge in [0, 0.05) is 52.2 Å². The quantitative estimate of drug-likeness (QED) is 0.807. The van der Waals surface area contributed by atoms with Crippen molar-refractivity contribution in [3.8, 4) is 0 Å². The average molecular weight is 253 g/mol. The van der Waals surface area contributed by atoms with E-state index in [1.807, 2.05) is 4.90 Å². The molecule has 104 valence electrons. The lowest BCUT2D eigenvalue weighted by atomic mass is 9.92. The van der Waals surface area contributed by atoms with Gasteiger partial charge in [0.2, 0.25) is 5.91 Å². The van der Waals surface area contributed by atoms with E-state index >= 15 is 0 Å². The standard InChI is InChI=1S/C14H27N3O/c1-12-9-13(2)11-16(10-12)6-3-14(18)17-7-4-15-5-8-17/h12-13,15H,3-11H2,1-2H3. The molecule has 2 heterocycles. The predicted octanol–water partition coefficient (Wildman–Crippen LogP) is 0.786. The molecule has 1 amide bonds. The summed E-state index contributed by atoms with van der Waals surface area (Å²) in [5.74, 6) is 1.90. The molecule has 0 aromatic heterocycles. The van der Waals surface area contributed by atoms with Crippen molar-refractivity contribution in [3.63, 3.8) is 0 Å². The summed E-state index contributed by atoms with van der Waals surface area (Å²) in [4.78, 5) is 16.6. The number of carbonyl (C=O) groups excluding carboxylic acids is 1.